The number of aryl methyl sites for hydroxylation is 1. The number of aromatic nitrogens is 2. The highest BCUT2D eigenvalue weighted by Gasteiger charge is 2.12. The molecule has 4 aromatic rings. The van der Waals surface area contributed by atoms with E-state index in [1.807, 2.05) is 24.4 Å². The molecule has 0 bridgehead atoms. The first-order valence-electron chi connectivity index (χ1n) is 8.55. The molecule has 4 nitrogen and oxygen atoms in total. The van der Waals surface area contributed by atoms with Gasteiger partial charge in [0.15, 0.2) is 0 Å². The minimum atomic E-state index is -0.156. The van der Waals surface area contributed by atoms with E-state index in [9.17, 15) is 4.79 Å². The van der Waals surface area contributed by atoms with E-state index in [-0.39, 0.29) is 5.91 Å². The normalized spacial score (nSPS) is 10.8. The summed E-state index contributed by atoms with van der Waals surface area (Å²) in [5.41, 5.74) is 4.91. The number of nitrogens with one attached hydrogen (secondary N) is 1. The number of para-hydroxylation sites is 1. The molecule has 0 saturated carbocycles. The number of nitrogens with zero attached hydrogens (tertiary/aromatic N) is 2. The molecule has 0 unspecified atom stereocenters. The maximum Gasteiger partial charge on any atom is 0.257 e. The number of carbonyl (C=O) groups excluding carboxylic acids is 1. The lowest BCUT2D eigenvalue weighted by atomic mass is 10.1. The first-order chi connectivity index (χ1) is 12.7. The average molecular weight is 341 g/mol. The molecule has 0 atom stereocenters. The zero-order valence-corrected chi connectivity index (χ0v) is 14.5. The number of anilines is 1. The molecule has 2 aromatic carbocycles. The van der Waals surface area contributed by atoms with E-state index in [4.69, 9.17) is 0 Å². The Hall–Kier alpha value is -3.40. The molecule has 2 aromatic heterocycles. The van der Waals surface area contributed by atoms with Gasteiger partial charge >= 0.3 is 0 Å². The molecular formula is C22H19N3O. The topological polar surface area (TPSA) is 46.9 Å². The first-order valence-corrected chi connectivity index (χ1v) is 8.55. The Labute approximate surface area is 152 Å². The zero-order chi connectivity index (χ0) is 17.9. The molecule has 4 heteroatoms. The molecule has 1 N–H and O–H groups in total. The van der Waals surface area contributed by atoms with Gasteiger partial charge in [-0.05, 0) is 30.7 Å². The van der Waals surface area contributed by atoms with Gasteiger partial charge in [0.05, 0.1) is 16.8 Å². The third-order valence-electron chi connectivity index (χ3n) is 4.43. The largest absolute Gasteiger partial charge is 0.341 e. The Kier molecular flexibility index (Phi) is 4.23. The lowest BCUT2D eigenvalue weighted by Gasteiger charge is -2.06. The number of hydrogen-bond acceptors (Lipinski definition) is 2. The predicted molar refractivity (Wildman–Crippen MR) is 104 cm³/mol. The van der Waals surface area contributed by atoms with Crippen molar-refractivity contribution in [3.8, 4) is 0 Å². The average Bonchev–Trinajstić information content (AvgIpc) is 3.02. The van der Waals surface area contributed by atoms with Gasteiger partial charge in [-0.15, -0.1) is 0 Å². The van der Waals surface area contributed by atoms with E-state index in [0.29, 0.717) is 5.56 Å². The maximum absolute atomic E-state index is 12.5. The van der Waals surface area contributed by atoms with Gasteiger partial charge in [-0.3, -0.25) is 9.78 Å². The smallest absolute Gasteiger partial charge is 0.257 e. The Morgan fingerprint density at radius 1 is 1.04 bits per heavy atom. The molecule has 4 rings (SSSR count). The van der Waals surface area contributed by atoms with Crippen molar-refractivity contribution in [2.24, 2.45) is 0 Å². The number of amides is 1. The van der Waals surface area contributed by atoms with Crippen molar-refractivity contribution in [1.82, 2.24) is 9.55 Å². The molecule has 1 amide bonds. The van der Waals surface area contributed by atoms with Gasteiger partial charge in [-0.25, -0.2) is 0 Å². The van der Waals surface area contributed by atoms with Crippen LogP contribution in [0.2, 0.25) is 0 Å². The van der Waals surface area contributed by atoms with Crippen LogP contribution in [0.3, 0.4) is 0 Å². The zero-order valence-electron chi connectivity index (χ0n) is 14.5. The molecule has 0 radical (unpaired) electrons. The summed E-state index contributed by atoms with van der Waals surface area (Å²) in [4.78, 5) is 16.5. The van der Waals surface area contributed by atoms with Crippen LogP contribution in [0.5, 0.6) is 0 Å². The van der Waals surface area contributed by atoms with E-state index in [1.165, 1.54) is 11.1 Å². The minimum Gasteiger partial charge on any atom is -0.341 e. The van der Waals surface area contributed by atoms with Gasteiger partial charge in [0.25, 0.3) is 5.91 Å². The number of hydrogen-bond donors (Lipinski definition) is 1. The molecule has 0 aliphatic heterocycles. The number of rotatable bonds is 4. The van der Waals surface area contributed by atoms with Gasteiger partial charge < -0.3 is 9.88 Å². The fraction of sp³-hybridized carbons (Fsp3) is 0.0909. The molecule has 0 saturated heterocycles. The van der Waals surface area contributed by atoms with Crippen molar-refractivity contribution in [2.45, 2.75) is 13.5 Å². The van der Waals surface area contributed by atoms with Crippen LogP contribution < -0.4 is 5.32 Å². The Bertz CT molecular complexity index is 1050. The highest BCUT2D eigenvalue weighted by Crippen LogP contribution is 2.27. The molecular weight excluding hydrogens is 322 g/mol. The van der Waals surface area contributed by atoms with Crippen LogP contribution in [0.1, 0.15) is 21.5 Å². The second-order valence-corrected chi connectivity index (χ2v) is 6.37. The molecule has 0 aliphatic carbocycles. The number of carbonyl (C=O) groups is 1. The first kappa shape index (κ1) is 16.1. The number of benzene rings is 2. The van der Waals surface area contributed by atoms with Crippen LogP contribution in [0.4, 0.5) is 5.69 Å². The maximum atomic E-state index is 12.5. The summed E-state index contributed by atoms with van der Waals surface area (Å²) in [6, 6.07) is 20.1. The van der Waals surface area contributed by atoms with Gasteiger partial charge in [-0.1, -0.05) is 48.0 Å². The highest BCUT2D eigenvalue weighted by atomic mass is 16.1. The Balaban J connectivity index is 1.67. The Morgan fingerprint density at radius 2 is 1.85 bits per heavy atom. The van der Waals surface area contributed by atoms with Gasteiger partial charge in [-0.2, -0.15) is 0 Å². The summed E-state index contributed by atoms with van der Waals surface area (Å²) in [6.07, 6.45) is 5.23. The van der Waals surface area contributed by atoms with Crippen molar-refractivity contribution >= 4 is 22.5 Å². The van der Waals surface area contributed by atoms with Crippen molar-refractivity contribution in [3.63, 3.8) is 0 Å². The number of fused-ring (bicyclic) bond motifs is 1. The quantitative estimate of drug-likeness (QED) is 0.587. The summed E-state index contributed by atoms with van der Waals surface area (Å²) in [5, 5.41) is 4.04. The van der Waals surface area contributed by atoms with E-state index in [0.717, 1.165) is 23.1 Å². The van der Waals surface area contributed by atoms with Crippen LogP contribution >= 0.6 is 0 Å². The van der Waals surface area contributed by atoms with Crippen LogP contribution in [0, 0.1) is 6.92 Å². The second-order valence-electron chi connectivity index (χ2n) is 6.37. The Morgan fingerprint density at radius 3 is 2.62 bits per heavy atom. The molecule has 128 valence electrons. The molecule has 0 aliphatic rings. The van der Waals surface area contributed by atoms with Crippen LogP contribution in [0.25, 0.3) is 10.9 Å². The standard InChI is InChI=1S/C22H19N3O/c1-16-8-10-17(11-9-16)14-25-15-20(19-6-2-3-7-21(19)25)24-22(26)18-5-4-12-23-13-18/h2-13,15H,14H2,1H3,(H,24,26). The van der Waals surface area contributed by atoms with Gasteiger partial charge in [0.2, 0.25) is 0 Å². The van der Waals surface area contributed by atoms with Crippen LogP contribution in [-0.2, 0) is 6.54 Å². The summed E-state index contributed by atoms with van der Waals surface area (Å²) in [5.74, 6) is -0.156. The van der Waals surface area contributed by atoms with E-state index >= 15 is 0 Å². The SMILES string of the molecule is Cc1ccc(Cn2cc(NC(=O)c3cccnc3)c3ccccc32)cc1. The van der Waals surface area contributed by atoms with Crippen molar-refractivity contribution < 1.29 is 4.79 Å². The minimum absolute atomic E-state index is 0.156. The predicted octanol–water partition coefficient (Wildman–Crippen LogP) is 4.65. The van der Waals surface area contributed by atoms with Gasteiger partial charge in [0.1, 0.15) is 0 Å². The second kappa shape index (κ2) is 6.84. The summed E-state index contributed by atoms with van der Waals surface area (Å²) >= 11 is 0. The van der Waals surface area contributed by atoms with Crippen molar-refractivity contribution in [3.05, 3.63) is 95.9 Å². The fourth-order valence-electron chi connectivity index (χ4n) is 3.06. The third kappa shape index (κ3) is 3.22. The molecule has 2 heterocycles. The van der Waals surface area contributed by atoms with Crippen molar-refractivity contribution in [1.29, 1.82) is 0 Å². The molecule has 26 heavy (non-hydrogen) atoms. The van der Waals surface area contributed by atoms with E-state index in [1.54, 1.807) is 24.5 Å². The fourth-order valence-corrected chi connectivity index (χ4v) is 3.06. The summed E-state index contributed by atoms with van der Waals surface area (Å²) in [7, 11) is 0. The number of pyridine rings is 1. The molecule has 0 fully saturated rings. The lowest BCUT2D eigenvalue weighted by Crippen LogP contribution is -2.11. The van der Waals surface area contributed by atoms with Gasteiger partial charge in [0, 0.05) is 30.5 Å². The third-order valence-corrected chi connectivity index (χ3v) is 4.43. The van der Waals surface area contributed by atoms with Crippen LogP contribution in [-0.4, -0.2) is 15.5 Å². The van der Waals surface area contributed by atoms with E-state index in [2.05, 4.69) is 52.1 Å². The lowest BCUT2D eigenvalue weighted by molar-refractivity contribution is 0.102. The molecule has 0 spiro atoms. The highest BCUT2D eigenvalue weighted by molar-refractivity contribution is 6.09. The van der Waals surface area contributed by atoms with Crippen molar-refractivity contribution in [2.75, 3.05) is 5.32 Å². The summed E-state index contributed by atoms with van der Waals surface area (Å²) < 4.78 is 2.17. The van der Waals surface area contributed by atoms with E-state index < -0.39 is 0 Å². The van der Waals surface area contributed by atoms with Crippen LogP contribution in [0.15, 0.2) is 79.3 Å². The summed E-state index contributed by atoms with van der Waals surface area (Å²) in [6.45, 7) is 2.84. The monoisotopic (exact) mass is 341 g/mol.